The monoisotopic (exact) mass is 500 g/mol. The van der Waals surface area contributed by atoms with Crippen molar-refractivity contribution in [1.82, 2.24) is 20.5 Å². The molecule has 10 nitrogen and oxygen atoms in total. The van der Waals surface area contributed by atoms with Crippen LogP contribution >= 0.6 is 0 Å². The molecule has 0 unspecified atom stereocenters. The van der Waals surface area contributed by atoms with Gasteiger partial charge in [-0.3, -0.25) is 9.59 Å². The summed E-state index contributed by atoms with van der Waals surface area (Å²) in [4.78, 5) is 42.5. The Labute approximate surface area is 210 Å². The normalized spacial score (nSPS) is 14.1. The first kappa shape index (κ1) is 26.7. The van der Waals surface area contributed by atoms with Crippen molar-refractivity contribution in [3.8, 4) is 0 Å². The van der Waals surface area contributed by atoms with Gasteiger partial charge in [0.25, 0.3) is 11.8 Å². The Kier molecular flexibility index (Phi) is 8.33. The number of nitrogens with zero attached hydrogens (tertiary/aromatic N) is 2. The third kappa shape index (κ3) is 6.83. The van der Waals surface area contributed by atoms with E-state index in [4.69, 9.17) is 4.74 Å². The predicted octanol–water partition coefficient (Wildman–Crippen LogP) is 3.49. The van der Waals surface area contributed by atoms with Crippen LogP contribution in [0.5, 0.6) is 0 Å². The number of aromatic nitrogens is 1. The quantitative estimate of drug-likeness (QED) is 0.479. The Balaban J connectivity index is 1.73. The van der Waals surface area contributed by atoms with Crippen molar-refractivity contribution < 1.29 is 23.5 Å². The summed E-state index contributed by atoms with van der Waals surface area (Å²) in [7, 11) is 2.97. The van der Waals surface area contributed by atoms with Crippen LogP contribution in [0.2, 0.25) is 0 Å². The molecule has 4 N–H and O–H groups in total. The number of benzene rings is 1. The van der Waals surface area contributed by atoms with E-state index >= 15 is 0 Å². The second kappa shape index (κ2) is 11.2. The molecule has 0 radical (unpaired) electrons. The van der Waals surface area contributed by atoms with Crippen LogP contribution in [0.4, 0.5) is 26.4 Å². The summed E-state index contributed by atoms with van der Waals surface area (Å²) in [6.07, 6.45) is 2.44. The van der Waals surface area contributed by atoms with Crippen molar-refractivity contribution in [2.24, 2.45) is 0 Å². The number of nitrogens with one attached hydrogen (secondary N) is 4. The number of rotatable bonds is 6. The van der Waals surface area contributed by atoms with Crippen molar-refractivity contribution in [1.29, 1.82) is 0 Å². The van der Waals surface area contributed by atoms with E-state index in [0.717, 1.165) is 0 Å². The lowest BCUT2D eigenvalue weighted by Crippen LogP contribution is -2.44. The molecule has 0 saturated carbocycles. The summed E-state index contributed by atoms with van der Waals surface area (Å²) in [5.74, 6) is -1.10. The smallest absolute Gasteiger partial charge is 0.410 e. The minimum atomic E-state index is -0.670. The molecule has 3 rings (SSSR count). The Morgan fingerprint density at radius 3 is 2.25 bits per heavy atom. The first-order valence-electron chi connectivity index (χ1n) is 11.8. The predicted molar refractivity (Wildman–Crippen MR) is 135 cm³/mol. The van der Waals surface area contributed by atoms with Crippen LogP contribution in [-0.2, 0) is 4.74 Å². The molecule has 1 saturated heterocycles. The highest BCUT2D eigenvalue weighted by molar-refractivity contribution is 5.99. The van der Waals surface area contributed by atoms with Crippen molar-refractivity contribution in [2.75, 3.05) is 37.8 Å². The van der Waals surface area contributed by atoms with Crippen molar-refractivity contribution >= 4 is 35.1 Å². The average Bonchev–Trinajstić information content (AvgIpc) is 2.83. The molecule has 2 aromatic rings. The van der Waals surface area contributed by atoms with E-state index in [2.05, 4.69) is 26.3 Å². The first-order valence-corrected chi connectivity index (χ1v) is 11.8. The molecular formula is C25H33FN6O4. The van der Waals surface area contributed by atoms with Crippen LogP contribution in [-0.4, -0.2) is 66.6 Å². The van der Waals surface area contributed by atoms with Crippen LogP contribution < -0.4 is 21.3 Å². The van der Waals surface area contributed by atoms with Gasteiger partial charge in [0.1, 0.15) is 17.2 Å². The fourth-order valence-corrected chi connectivity index (χ4v) is 3.77. The van der Waals surface area contributed by atoms with Gasteiger partial charge < -0.3 is 30.9 Å². The van der Waals surface area contributed by atoms with Crippen LogP contribution in [0.25, 0.3) is 0 Å². The minimum absolute atomic E-state index is 0.0200. The Hall–Kier alpha value is -3.89. The van der Waals surface area contributed by atoms with E-state index in [-0.39, 0.29) is 23.6 Å². The third-order valence-corrected chi connectivity index (χ3v) is 5.60. The lowest BCUT2D eigenvalue weighted by Gasteiger charge is -2.34. The molecule has 1 aliphatic rings. The summed E-state index contributed by atoms with van der Waals surface area (Å²) in [6, 6.07) is 5.86. The summed E-state index contributed by atoms with van der Waals surface area (Å²) in [5.41, 5.74) is 0.701. The maximum absolute atomic E-state index is 14.4. The van der Waals surface area contributed by atoms with Gasteiger partial charge in [0, 0.05) is 51.2 Å². The second-order valence-corrected chi connectivity index (χ2v) is 9.48. The van der Waals surface area contributed by atoms with Gasteiger partial charge in [-0.15, -0.1) is 0 Å². The first-order chi connectivity index (χ1) is 17.0. The largest absolute Gasteiger partial charge is 0.444 e. The molecule has 2 heterocycles. The molecule has 1 fully saturated rings. The van der Waals surface area contributed by atoms with Crippen LogP contribution in [0.1, 0.15) is 54.3 Å². The number of amides is 3. The molecule has 11 heteroatoms. The van der Waals surface area contributed by atoms with Gasteiger partial charge in [-0.1, -0.05) is 0 Å². The number of anilines is 3. The molecule has 1 aromatic heterocycles. The molecule has 0 spiro atoms. The summed E-state index contributed by atoms with van der Waals surface area (Å²) >= 11 is 0. The molecule has 0 bridgehead atoms. The second-order valence-electron chi connectivity index (χ2n) is 9.48. The van der Waals surface area contributed by atoms with E-state index in [9.17, 15) is 18.8 Å². The molecular weight excluding hydrogens is 467 g/mol. The van der Waals surface area contributed by atoms with Crippen LogP contribution in [0.15, 0.2) is 30.5 Å². The van der Waals surface area contributed by atoms with Gasteiger partial charge >= 0.3 is 6.09 Å². The maximum atomic E-state index is 14.4. The van der Waals surface area contributed by atoms with E-state index in [0.29, 0.717) is 48.7 Å². The Morgan fingerprint density at radius 1 is 1.03 bits per heavy atom. The molecule has 0 atom stereocenters. The number of carbonyl (C=O) groups excluding carboxylic acids is 3. The van der Waals surface area contributed by atoms with Gasteiger partial charge in [-0.2, -0.15) is 0 Å². The van der Waals surface area contributed by atoms with Crippen LogP contribution in [0.3, 0.4) is 0 Å². The third-order valence-electron chi connectivity index (χ3n) is 5.60. The van der Waals surface area contributed by atoms with Gasteiger partial charge in [-0.25, -0.2) is 14.2 Å². The lowest BCUT2D eigenvalue weighted by molar-refractivity contribution is 0.0210. The summed E-state index contributed by atoms with van der Waals surface area (Å²) < 4.78 is 19.8. The SMILES string of the molecule is CNC(=O)c1ccc(Nc2cc(NC3CCN(C(=O)OC(C)(C)C)CC3)c(C(=O)NC)cn2)cc1F. The summed E-state index contributed by atoms with van der Waals surface area (Å²) in [5, 5.41) is 11.4. The van der Waals surface area contributed by atoms with Crippen molar-refractivity contribution in [3.05, 3.63) is 47.4 Å². The van der Waals surface area contributed by atoms with E-state index in [1.54, 1.807) is 17.0 Å². The average molecular weight is 501 g/mol. The van der Waals surface area contributed by atoms with E-state index < -0.39 is 17.3 Å². The van der Waals surface area contributed by atoms with Crippen LogP contribution in [0, 0.1) is 5.82 Å². The van der Waals surface area contributed by atoms with Gasteiger partial charge in [0.15, 0.2) is 0 Å². The zero-order chi connectivity index (χ0) is 26.5. The van der Waals surface area contributed by atoms with Gasteiger partial charge in [-0.05, 0) is 51.8 Å². The molecule has 0 aliphatic carbocycles. The van der Waals surface area contributed by atoms with E-state index in [1.165, 1.54) is 32.4 Å². The van der Waals surface area contributed by atoms with Gasteiger partial charge in [0.2, 0.25) is 0 Å². The number of ether oxygens (including phenoxy) is 1. The Morgan fingerprint density at radius 2 is 1.67 bits per heavy atom. The van der Waals surface area contributed by atoms with Crippen molar-refractivity contribution in [3.63, 3.8) is 0 Å². The number of hydrogen-bond acceptors (Lipinski definition) is 7. The van der Waals surface area contributed by atoms with Crippen molar-refractivity contribution in [2.45, 2.75) is 45.3 Å². The number of piperidine rings is 1. The fourth-order valence-electron chi connectivity index (χ4n) is 3.77. The van der Waals surface area contributed by atoms with Gasteiger partial charge in [0.05, 0.1) is 16.8 Å². The zero-order valence-corrected chi connectivity index (χ0v) is 21.2. The minimum Gasteiger partial charge on any atom is -0.444 e. The fraction of sp³-hybridized carbons (Fsp3) is 0.440. The molecule has 1 aromatic carbocycles. The topological polar surface area (TPSA) is 125 Å². The lowest BCUT2D eigenvalue weighted by atomic mass is 10.0. The number of hydrogen-bond donors (Lipinski definition) is 4. The molecule has 194 valence electrons. The molecule has 1 aliphatic heterocycles. The number of halogens is 1. The number of likely N-dealkylation sites (tertiary alicyclic amines) is 1. The maximum Gasteiger partial charge on any atom is 0.410 e. The number of pyridine rings is 1. The number of carbonyl (C=O) groups is 3. The highest BCUT2D eigenvalue weighted by Gasteiger charge is 2.27. The zero-order valence-electron chi connectivity index (χ0n) is 21.2. The standard InChI is InChI=1S/C25H33FN6O4/c1-25(2,3)36-24(35)32-10-8-15(9-11-32)30-20-13-21(29-14-18(20)23(34)28-5)31-16-6-7-17(19(26)12-16)22(33)27-4/h6-7,12-15H,8-11H2,1-5H3,(H,27,33)(H,28,34)(H2,29,30,31). The molecule has 3 amide bonds. The van der Waals surface area contributed by atoms with E-state index in [1.807, 2.05) is 20.8 Å². The molecule has 36 heavy (non-hydrogen) atoms. The highest BCUT2D eigenvalue weighted by atomic mass is 19.1. The highest BCUT2D eigenvalue weighted by Crippen LogP contribution is 2.26. The summed E-state index contributed by atoms with van der Waals surface area (Å²) in [6.45, 7) is 6.54. The Bertz CT molecular complexity index is 1130.